The molecule has 0 aliphatic rings. The molecule has 0 amide bonds. The lowest BCUT2D eigenvalue weighted by Crippen LogP contribution is -1.92. The Bertz CT molecular complexity index is 2060. The van der Waals surface area contributed by atoms with E-state index in [2.05, 4.69) is 120 Å². The van der Waals surface area contributed by atoms with Gasteiger partial charge in [0.15, 0.2) is 0 Å². The van der Waals surface area contributed by atoms with E-state index in [0.717, 1.165) is 0 Å². The van der Waals surface area contributed by atoms with Crippen molar-refractivity contribution in [1.29, 1.82) is 0 Å². The van der Waals surface area contributed by atoms with Crippen LogP contribution < -0.4 is 0 Å². The van der Waals surface area contributed by atoms with Gasteiger partial charge in [0.1, 0.15) is 0 Å². The molecule has 2 heterocycles. The summed E-state index contributed by atoms with van der Waals surface area (Å²) in [6.45, 7) is 0. The molecule has 0 bridgehead atoms. The lowest BCUT2D eigenvalue weighted by atomic mass is 9.96. The molecule has 8 aromatic rings. The highest BCUT2D eigenvalue weighted by Crippen LogP contribution is 2.48. The number of benzene rings is 6. The van der Waals surface area contributed by atoms with Crippen LogP contribution in [-0.4, -0.2) is 4.57 Å². The number of hydrogen-bond acceptors (Lipinski definition) is 1. The zero-order valence-electron chi connectivity index (χ0n) is 18.3. The van der Waals surface area contributed by atoms with E-state index in [1.807, 2.05) is 11.3 Å². The summed E-state index contributed by atoms with van der Waals surface area (Å²) in [5.41, 5.74) is 3.71. The normalized spacial score (nSPS) is 12.1. The van der Waals surface area contributed by atoms with E-state index in [1.54, 1.807) is 0 Å². The molecule has 0 spiro atoms. The average molecular weight is 450 g/mol. The van der Waals surface area contributed by atoms with E-state index >= 15 is 0 Å². The van der Waals surface area contributed by atoms with Crippen molar-refractivity contribution in [3.05, 3.63) is 115 Å². The molecule has 0 saturated carbocycles. The molecule has 0 aliphatic carbocycles. The number of nitrogens with zero attached hydrogens (tertiary/aromatic N) is 1. The first kappa shape index (κ1) is 18.3. The number of hydrogen-bond donors (Lipinski definition) is 0. The first-order valence-electron chi connectivity index (χ1n) is 11.6. The summed E-state index contributed by atoms with van der Waals surface area (Å²) in [6.07, 6.45) is 0. The maximum absolute atomic E-state index is 2.41. The van der Waals surface area contributed by atoms with Crippen LogP contribution in [0, 0.1) is 0 Å². The molecule has 0 atom stereocenters. The monoisotopic (exact) mass is 449 g/mol. The summed E-state index contributed by atoms with van der Waals surface area (Å²) >= 11 is 1.93. The van der Waals surface area contributed by atoms with Gasteiger partial charge in [-0.2, -0.15) is 0 Å². The zero-order chi connectivity index (χ0) is 22.2. The topological polar surface area (TPSA) is 4.93 Å². The Labute approximate surface area is 200 Å². The van der Waals surface area contributed by atoms with Crippen LogP contribution in [0.4, 0.5) is 0 Å². The highest BCUT2D eigenvalue weighted by molar-refractivity contribution is 7.27. The molecular weight excluding hydrogens is 430 g/mol. The summed E-state index contributed by atoms with van der Waals surface area (Å²) in [4.78, 5) is 0. The van der Waals surface area contributed by atoms with Gasteiger partial charge in [0, 0.05) is 42.0 Å². The fourth-order valence-corrected chi connectivity index (χ4v) is 7.07. The van der Waals surface area contributed by atoms with Crippen LogP contribution in [-0.2, 0) is 0 Å². The van der Waals surface area contributed by atoms with Gasteiger partial charge < -0.3 is 4.57 Å². The molecular formula is C32H19NS. The number of aromatic nitrogens is 1. The molecule has 34 heavy (non-hydrogen) atoms. The molecule has 158 valence electrons. The first-order chi connectivity index (χ1) is 16.9. The minimum atomic E-state index is 1.20. The van der Waals surface area contributed by atoms with Crippen molar-refractivity contribution in [2.24, 2.45) is 0 Å². The Morgan fingerprint density at radius 2 is 1.03 bits per heavy atom. The van der Waals surface area contributed by atoms with Crippen LogP contribution in [0.5, 0.6) is 0 Å². The maximum Gasteiger partial charge on any atom is 0.0548 e. The third-order valence-electron chi connectivity index (χ3n) is 7.16. The van der Waals surface area contributed by atoms with Gasteiger partial charge >= 0.3 is 0 Å². The molecule has 0 fully saturated rings. The number of para-hydroxylation sites is 2. The maximum atomic E-state index is 2.41. The van der Waals surface area contributed by atoms with Crippen LogP contribution in [0.25, 0.3) is 69.2 Å². The van der Waals surface area contributed by atoms with Crippen molar-refractivity contribution in [1.82, 2.24) is 4.57 Å². The van der Waals surface area contributed by atoms with Gasteiger partial charge in [0.2, 0.25) is 0 Å². The van der Waals surface area contributed by atoms with E-state index in [0.29, 0.717) is 0 Å². The highest BCUT2D eigenvalue weighted by Gasteiger charge is 2.20. The second kappa shape index (κ2) is 6.69. The van der Waals surface area contributed by atoms with Crippen molar-refractivity contribution < 1.29 is 0 Å². The van der Waals surface area contributed by atoms with Crippen LogP contribution in [0.3, 0.4) is 0 Å². The Kier molecular flexibility index (Phi) is 3.60. The Morgan fingerprint density at radius 1 is 0.412 bits per heavy atom. The lowest BCUT2D eigenvalue weighted by molar-refractivity contribution is 1.18. The molecule has 0 N–H and O–H groups in total. The summed E-state index contributed by atoms with van der Waals surface area (Å²) in [5, 5.41) is 10.8. The molecule has 1 nitrogen and oxygen atoms in total. The van der Waals surface area contributed by atoms with Crippen molar-refractivity contribution >= 4 is 74.9 Å². The van der Waals surface area contributed by atoms with Gasteiger partial charge in [-0.25, -0.2) is 0 Å². The van der Waals surface area contributed by atoms with Gasteiger partial charge in [-0.3, -0.25) is 0 Å². The van der Waals surface area contributed by atoms with Gasteiger partial charge in [0.25, 0.3) is 0 Å². The second-order valence-electron chi connectivity index (χ2n) is 8.92. The van der Waals surface area contributed by atoms with Crippen molar-refractivity contribution in [2.45, 2.75) is 0 Å². The molecule has 2 heteroatoms. The largest absolute Gasteiger partial charge is 0.309 e. The Morgan fingerprint density at radius 3 is 1.82 bits per heavy atom. The predicted octanol–water partition coefficient (Wildman–Crippen LogP) is 9.46. The minimum Gasteiger partial charge on any atom is -0.309 e. The smallest absolute Gasteiger partial charge is 0.0548 e. The average Bonchev–Trinajstić information content (AvgIpc) is 3.46. The molecule has 8 rings (SSSR count). The van der Waals surface area contributed by atoms with Gasteiger partial charge in [0.05, 0.1) is 11.0 Å². The third kappa shape index (κ3) is 2.28. The summed E-state index contributed by atoms with van der Waals surface area (Å²) in [7, 11) is 0. The van der Waals surface area contributed by atoms with E-state index in [-0.39, 0.29) is 0 Å². The SMILES string of the molecule is c1ccc(-n2c3ccccc3c3c4c(ccc32)sc2c3ccccc3c3ccccc3c24)cc1. The fourth-order valence-electron chi connectivity index (χ4n) is 5.80. The quantitative estimate of drug-likeness (QED) is 0.220. The molecule has 6 aromatic carbocycles. The van der Waals surface area contributed by atoms with Crippen molar-refractivity contribution in [2.75, 3.05) is 0 Å². The van der Waals surface area contributed by atoms with Crippen molar-refractivity contribution in [3.8, 4) is 5.69 Å². The highest BCUT2D eigenvalue weighted by atomic mass is 32.1. The molecule has 0 saturated heterocycles. The van der Waals surface area contributed by atoms with E-state index in [9.17, 15) is 0 Å². The number of thiophene rings is 1. The van der Waals surface area contributed by atoms with Gasteiger partial charge in [-0.15, -0.1) is 11.3 Å². The number of rotatable bonds is 1. The van der Waals surface area contributed by atoms with E-state index in [4.69, 9.17) is 0 Å². The van der Waals surface area contributed by atoms with Crippen LogP contribution in [0.2, 0.25) is 0 Å². The predicted molar refractivity (Wildman–Crippen MR) is 149 cm³/mol. The molecule has 0 radical (unpaired) electrons. The lowest BCUT2D eigenvalue weighted by Gasteiger charge is -2.08. The number of fused-ring (bicyclic) bond motifs is 12. The standard InChI is InChI=1S/C32H19NS/c1-2-10-20(11-3-1)33-26-17-9-8-16-25(26)29-27(33)18-19-28-31(29)30-23-14-6-4-12-21(23)22-13-5-7-15-24(22)32(30)34-28/h1-19H. The summed E-state index contributed by atoms with van der Waals surface area (Å²) in [6, 6.07) is 42.0. The van der Waals surface area contributed by atoms with Gasteiger partial charge in [-0.05, 0) is 46.5 Å². The van der Waals surface area contributed by atoms with Crippen LogP contribution in [0.1, 0.15) is 0 Å². The van der Waals surface area contributed by atoms with Gasteiger partial charge in [-0.1, -0.05) is 84.9 Å². The summed E-state index contributed by atoms with van der Waals surface area (Å²) < 4.78 is 5.14. The third-order valence-corrected chi connectivity index (χ3v) is 8.35. The first-order valence-corrected chi connectivity index (χ1v) is 12.4. The minimum absolute atomic E-state index is 1.20. The van der Waals surface area contributed by atoms with Crippen LogP contribution in [0.15, 0.2) is 115 Å². The Hall–Kier alpha value is -4.14. The molecule has 0 aliphatic heterocycles. The van der Waals surface area contributed by atoms with Crippen LogP contribution >= 0.6 is 11.3 Å². The second-order valence-corrected chi connectivity index (χ2v) is 9.97. The molecule has 0 unspecified atom stereocenters. The van der Waals surface area contributed by atoms with E-state index in [1.165, 1.54) is 69.2 Å². The Balaban J connectivity index is 1.70. The van der Waals surface area contributed by atoms with Crippen molar-refractivity contribution in [3.63, 3.8) is 0 Å². The molecule has 2 aromatic heterocycles. The zero-order valence-corrected chi connectivity index (χ0v) is 19.1. The fraction of sp³-hybridized carbons (Fsp3) is 0. The summed E-state index contributed by atoms with van der Waals surface area (Å²) in [5.74, 6) is 0. The van der Waals surface area contributed by atoms with E-state index < -0.39 is 0 Å².